The van der Waals surface area contributed by atoms with E-state index < -0.39 is 5.79 Å². The van der Waals surface area contributed by atoms with E-state index in [0.717, 1.165) is 18.3 Å². The first-order valence-corrected chi connectivity index (χ1v) is 7.91. The Labute approximate surface area is 118 Å². The fraction of sp³-hybridized carbons (Fsp3) is 1.00. The normalized spacial score (nSPS) is 54.8. The minimum atomic E-state index is -0.436. The number of fused-ring (bicyclic) bond motifs is 2. The number of ether oxygens (including phenoxy) is 2. The largest absolute Gasteiger partial charge is 0.344 e. The Morgan fingerprint density at radius 3 is 2.21 bits per heavy atom. The van der Waals surface area contributed by atoms with Crippen molar-refractivity contribution in [2.75, 3.05) is 0 Å². The summed E-state index contributed by atoms with van der Waals surface area (Å²) in [4.78, 5) is 0. The lowest BCUT2D eigenvalue weighted by molar-refractivity contribution is -0.200. The molecule has 19 heavy (non-hydrogen) atoms. The average molecular weight is 266 g/mol. The minimum Gasteiger partial charge on any atom is -0.344 e. The fourth-order valence-electron chi connectivity index (χ4n) is 5.53. The molecule has 0 N–H and O–H groups in total. The van der Waals surface area contributed by atoms with E-state index in [1.807, 2.05) is 0 Å². The third-order valence-electron chi connectivity index (χ3n) is 7.08. The smallest absolute Gasteiger partial charge is 0.164 e. The zero-order valence-electron chi connectivity index (χ0n) is 13.7. The molecule has 2 unspecified atom stereocenters. The molecule has 3 fully saturated rings. The van der Waals surface area contributed by atoms with Gasteiger partial charge in [-0.1, -0.05) is 27.7 Å². The second-order valence-electron chi connectivity index (χ2n) is 8.68. The van der Waals surface area contributed by atoms with Gasteiger partial charge in [0.15, 0.2) is 5.79 Å². The van der Waals surface area contributed by atoms with E-state index in [1.54, 1.807) is 0 Å². The average Bonchev–Trinajstić information content (AvgIpc) is 2.64. The maximum Gasteiger partial charge on any atom is 0.164 e. The Kier molecular flexibility index (Phi) is 2.61. The Morgan fingerprint density at radius 2 is 1.58 bits per heavy atom. The number of rotatable bonds is 0. The zero-order valence-corrected chi connectivity index (χ0v) is 13.7. The monoisotopic (exact) mass is 266 g/mol. The molecule has 0 amide bonds. The highest BCUT2D eigenvalue weighted by atomic mass is 16.8. The minimum absolute atomic E-state index is 0.148. The quantitative estimate of drug-likeness (QED) is 0.648. The molecule has 0 aromatic carbocycles. The molecule has 1 aliphatic heterocycles. The first kappa shape index (κ1) is 13.9. The molecule has 110 valence electrons. The highest BCUT2D eigenvalue weighted by molar-refractivity contribution is 5.16. The molecule has 0 aromatic heterocycles. The summed E-state index contributed by atoms with van der Waals surface area (Å²) in [5.41, 5.74) is 0.436. The maximum atomic E-state index is 6.42. The van der Waals surface area contributed by atoms with Gasteiger partial charge in [-0.05, 0) is 62.7 Å². The van der Waals surface area contributed by atoms with E-state index in [2.05, 4.69) is 48.5 Å². The van der Waals surface area contributed by atoms with Gasteiger partial charge in [0.05, 0.1) is 6.10 Å². The topological polar surface area (TPSA) is 18.5 Å². The lowest BCUT2D eigenvalue weighted by Crippen LogP contribution is -2.61. The molecule has 0 aromatic rings. The first-order chi connectivity index (χ1) is 8.53. The van der Waals surface area contributed by atoms with Crippen LogP contribution >= 0.6 is 0 Å². The number of hydrogen-bond donors (Lipinski definition) is 0. The molecule has 2 saturated carbocycles. The van der Waals surface area contributed by atoms with E-state index in [-0.39, 0.29) is 17.1 Å². The number of hydrogen-bond acceptors (Lipinski definition) is 2. The second kappa shape index (κ2) is 3.57. The van der Waals surface area contributed by atoms with E-state index in [0.29, 0.717) is 5.41 Å². The van der Waals surface area contributed by atoms with Crippen LogP contribution in [0.3, 0.4) is 0 Å². The molecule has 1 heterocycles. The predicted molar refractivity (Wildman–Crippen MR) is 76.8 cm³/mol. The van der Waals surface area contributed by atoms with Crippen molar-refractivity contribution in [3.05, 3.63) is 0 Å². The Morgan fingerprint density at radius 1 is 0.947 bits per heavy atom. The molecule has 0 radical (unpaired) electrons. The molecule has 0 bridgehead atoms. The fourth-order valence-corrected chi connectivity index (χ4v) is 5.53. The Balaban J connectivity index is 2.06. The van der Waals surface area contributed by atoms with Crippen molar-refractivity contribution in [1.82, 2.24) is 0 Å². The second-order valence-corrected chi connectivity index (χ2v) is 8.68. The van der Waals surface area contributed by atoms with Gasteiger partial charge in [0.2, 0.25) is 0 Å². The Hall–Kier alpha value is -0.0800. The summed E-state index contributed by atoms with van der Waals surface area (Å²) in [6.07, 6.45) is 4.09. The van der Waals surface area contributed by atoms with Crippen LogP contribution < -0.4 is 0 Å². The molecule has 5 atom stereocenters. The molecule has 3 rings (SSSR count). The van der Waals surface area contributed by atoms with Crippen molar-refractivity contribution in [3.63, 3.8) is 0 Å². The van der Waals surface area contributed by atoms with Crippen molar-refractivity contribution in [2.45, 2.75) is 85.2 Å². The van der Waals surface area contributed by atoms with Crippen molar-refractivity contribution in [2.24, 2.45) is 22.7 Å². The van der Waals surface area contributed by atoms with Crippen LogP contribution in [-0.2, 0) is 9.47 Å². The molecule has 3 aliphatic rings. The SMILES string of the molecule is C[C@@H]1CC[C@H]2C(C)(C)C3(C)OC(C)(C)OC3C[C@]12C. The van der Waals surface area contributed by atoms with Gasteiger partial charge in [0.25, 0.3) is 0 Å². The van der Waals surface area contributed by atoms with Crippen LogP contribution in [-0.4, -0.2) is 17.5 Å². The summed E-state index contributed by atoms with van der Waals surface area (Å²) >= 11 is 0. The first-order valence-electron chi connectivity index (χ1n) is 7.91. The summed E-state index contributed by atoms with van der Waals surface area (Å²) in [7, 11) is 0. The molecular formula is C17H30O2. The molecular weight excluding hydrogens is 236 g/mol. The van der Waals surface area contributed by atoms with Crippen LogP contribution in [0.1, 0.15) is 67.7 Å². The molecule has 1 saturated heterocycles. The van der Waals surface area contributed by atoms with E-state index in [4.69, 9.17) is 9.47 Å². The van der Waals surface area contributed by atoms with Crippen molar-refractivity contribution < 1.29 is 9.47 Å². The van der Waals surface area contributed by atoms with E-state index in [1.165, 1.54) is 12.8 Å². The van der Waals surface area contributed by atoms with Crippen LogP contribution in [0.2, 0.25) is 0 Å². The van der Waals surface area contributed by atoms with E-state index in [9.17, 15) is 0 Å². The summed E-state index contributed by atoms with van der Waals surface area (Å²) in [5, 5.41) is 0. The maximum absolute atomic E-state index is 6.42. The van der Waals surface area contributed by atoms with Gasteiger partial charge in [0, 0.05) is 0 Å². The van der Waals surface area contributed by atoms with Gasteiger partial charge in [-0.3, -0.25) is 0 Å². The van der Waals surface area contributed by atoms with Gasteiger partial charge in [-0.15, -0.1) is 0 Å². The molecule has 2 heteroatoms. The van der Waals surface area contributed by atoms with E-state index >= 15 is 0 Å². The van der Waals surface area contributed by atoms with Gasteiger partial charge in [-0.2, -0.15) is 0 Å². The lowest BCUT2D eigenvalue weighted by Gasteiger charge is -2.58. The standard InChI is InChI=1S/C17H30O2/c1-11-8-9-12-14(2,3)17(7)13(10-16(11,12)6)18-15(4,5)19-17/h11-13H,8-10H2,1-7H3/t11-,12+,13?,16-,17?/m1/s1. The van der Waals surface area contributed by atoms with Crippen LogP contribution in [0.25, 0.3) is 0 Å². The van der Waals surface area contributed by atoms with Crippen molar-refractivity contribution in [1.29, 1.82) is 0 Å². The van der Waals surface area contributed by atoms with Crippen LogP contribution in [0, 0.1) is 22.7 Å². The highest BCUT2D eigenvalue weighted by Crippen LogP contribution is 2.67. The van der Waals surface area contributed by atoms with Crippen LogP contribution in [0.15, 0.2) is 0 Å². The van der Waals surface area contributed by atoms with Crippen molar-refractivity contribution in [3.8, 4) is 0 Å². The summed E-state index contributed by atoms with van der Waals surface area (Å²) < 4.78 is 12.7. The van der Waals surface area contributed by atoms with Gasteiger partial charge in [0.1, 0.15) is 5.60 Å². The summed E-state index contributed by atoms with van der Waals surface area (Å²) in [5.74, 6) is 1.11. The van der Waals surface area contributed by atoms with Crippen molar-refractivity contribution >= 4 is 0 Å². The molecule has 2 nitrogen and oxygen atoms in total. The lowest BCUT2D eigenvalue weighted by atomic mass is 9.50. The van der Waals surface area contributed by atoms with Gasteiger partial charge in [-0.25, -0.2) is 0 Å². The summed E-state index contributed by atoms with van der Waals surface area (Å²) in [6, 6.07) is 0. The van der Waals surface area contributed by atoms with Gasteiger partial charge >= 0.3 is 0 Å². The third kappa shape index (κ3) is 1.56. The highest BCUT2D eigenvalue weighted by Gasteiger charge is 2.69. The summed E-state index contributed by atoms with van der Waals surface area (Å²) in [6.45, 7) is 16.2. The van der Waals surface area contributed by atoms with Crippen LogP contribution in [0.5, 0.6) is 0 Å². The zero-order chi connectivity index (χ0) is 14.3. The van der Waals surface area contributed by atoms with Gasteiger partial charge < -0.3 is 9.47 Å². The predicted octanol–water partition coefficient (Wildman–Crippen LogP) is 4.38. The molecule has 0 spiro atoms. The Bertz CT molecular complexity index is 400. The van der Waals surface area contributed by atoms with Crippen LogP contribution in [0.4, 0.5) is 0 Å². The molecule has 2 aliphatic carbocycles. The third-order valence-corrected chi connectivity index (χ3v) is 7.08.